The van der Waals surface area contributed by atoms with Gasteiger partial charge in [0.1, 0.15) is 0 Å². The summed E-state index contributed by atoms with van der Waals surface area (Å²) >= 11 is 2.99. The van der Waals surface area contributed by atoms with Gasteiger partial charge in [-0.25, -0.2) is 9.48 Å². The Hall–Kier alpha value is -2.19. The van der Waals surface area contributed by atoms with Crippen LogP contribution >= 0.6 is 22.7 Å². The van der Waals surface area contributed by atoms with Crippen LogP contribution in [0.4, 0.5) is 0 Å². The third-order valence-corrected chi connectivity index (χ3v) is 5.22. The summed E-state index contributed by atoms with van der Waals surface area (Å²) in [6.45, 7) is 2.66. The van der Waals surface area contributed by atoms with Crippen molar-refractivity contribution >= 4 is 28.6 Å². The third-order valence-electron chi connectivity index (χ3n) is 3.36. The second-order valence-corrected chi connectivity index (χ2v) is 7.27. The van der Waals surface area contributed by atoms with E-state index in [9.17, 15) is 9.59 Å². The Morgan fingerprint density at radius 1 is 1.35 bits per heavy atom. The molecule has 3 aromatic heterocycles. The zero-order valence-corrected chi connectivity index (χ0v) is 14.4. The highest BCUT2D eigenvalue weighted by Gasteiger charge is 2.13. The van der Waals surface area contributed by atoms with Gasteiger partial charge in [-0.2, -0.15) is 0 Å². The van der Waals surface area contributed by atoms with Crippen molar-refractivity contribution in [3.63, 3.8) is 0 Å². The Bertz CT molecular complexity index is 874. The molecule has 0 aliphatic rings. The van der Waals surface area contributed by atoms with E-state index in [1.54, 1.807) is 13.1 Å². The summed E-state index contributed by atoms with van der Waals surface area (Å²) in [7, 11) is 1.70. The number of hydrogen-bond donors (Lipinski definition) is 1. The Labute approximate surface area is 141 Å². The first-order chi connectivity index (χ1) is 11.1. The second kappa shape index (κ2) is 6.51. The van der Waals surface area contributed by atoms with Crippen molar-refractivity contribution in [2.45, 2.75) is 13.5 Å². The molecule has 0 radical (unpaired) electrons. The number of carbonyl (C=O) groups is 1. The molecule has 0 bridgehead atoms. The van der Waals surface area contributed by atoms with Gasteiger partial charge in [-0.05, 0) is 30.5 Å². The second-order valence-electron chi connectivity index (χ2n) is 5.03. The van der Waals surface area contributed by atoms with Gasteiger partial charge in [0.2, 0.25) is 0 Å². The molecular weight excluding hydrogens is 332 g/mol. The molecule has 0 spiro atoms. The highest BCUT2D eigenvalue weighted by atomic mass is 32.1. The molecule has 0 atom stereocenters. The molecule has 3 heterocycles. The zero-order chi connectivity index (χ0) is 16.4. The van der Waals surface area contributed by atoms with Gasteiger partial charge in [0, 0.05) is 18.5 Å². The van der Waals surface area contributed by atoms with Crippen LogP contribution < -0.4 is 11.0 Å². The van der Waals surface area contributed by atoms with Crippen LogP contribution in [0.5, 0.6) is 0 Å². The predicted octanol–water partition coefficient (Wildman–Crippen LogP) is 2.11. The van der Waals surface area contributed by atoms with Crippen LogP contribution in [0.3, 0.4) is 0 Å². The van der Waals surface area contributed by atoms with Crippen molar-refractivity contribution in [1.82, 2.24) is 19.7 Å². The molecule has 1 amide bonds. The predicted molar refractivity (Wildman–Crippen MR) is 92.2 cm³/mol. The molecule has 0 aromatic carbocycles. The fraction of sp³-hybridized carbons (Fsp3) is 0.267. The molecule has 0 aliphatic carbocycles. The first-order valence-electron chi connectivity index (χ1n) is 7.08. The van der Waals surface area contributed by atoms with Gasteiger partial charge in [-0.1, -0.05) is 6.07 Å². The first kappa shape index (κ1) is 15.7. The summed E-state index contributed by atoms with van der Waals surface area (Å²) < 4.78 is 2.91. The summed E-state index contributed by atoms with van der Waals surface area (Å²) in [6, 6.07) is 7.57. The Kier molecular flexibility index (Phi) is 4.44. The van der Waals surface area contributed by atoms with E-state index in [1.807, 2.05) is 30.5 Å². The average Bonchev–Trinajstić information content (AvgIpc) is 3.24. The lowest BCUT2D eigenvalue weighted by molar-refractivity contribution is 0.0956. The van der Waals surface area contributed by atoms with Crippen molar-refractivity contribution in [2.24, 2.45) is 7.05 Å². The van der Waals surface area contributed by atoms with E-state index in [1.165, 1.54) is 31.9 Å². The highest BCUT2D eigenvalue weighted by molar-refractivity contribution is 7.14. The van der Waals surface area contributed by atoms with Crippen LogP contribution in [0.25, 0.3) is 10.7 Å². The van der Waals surface area contributed by atoms with Gasteiger partial charge in [-0.15, -0.1) is 27.8 Å². The number of thiophene rings is 2. The van der Waals surface area contributed by atoms with Crippen LogP contribution in [-0.2, 0) is 13.6 Å². The number of nitrogens with one attached hydrogen (secondary N) is 1. The maximum absolute atomic E-state index is 12.2. The number of aromatic nitrogens is 3. The normalized spacial score (nSPS) is 10.9. The minimum absolute atomic E-state index is 0.120. The first-order valence-corrected chi connectivity index (χ1v) is 8.78. The number of rotatable bonds is 5. The summed E-state index contributed by atoms with van der Waals surface area (Å²) in [6.07, 6.45) is 0. The number of nitrogens with zero attached hydrogens (tertiary/aromatic N) is 3. The van der Waals surface area contributed by atoms with Crippen molar-refractivity contribution in [3.8, 4) is 10.7 Å². The monoisotopic (exact) mass is 348 g/mol. The van der Waals surface area contributed by atoms with Crippen molar-refractivity contribution in [1.29, 1.82) is 0 Å². The summed E-state index contributed by atoms with van der Waals surface area (Å²) in [4.78, 5) is 26.9. The highest BCUT2D eigenvalue weighted by Crippen LogP contribution is 2.20. The lowest BCUT2D eigenvalue weighted by Gasteiger charge is -2.02. The molecule has 0 saturated carbocycles. The fourth-order valence-electron chi connectivity index (χ4n) is 2.17. The van der Waals surface area contributed by atoms with Gasteiger partial charge in [0.05, 0.1) is 16.3 Å². The molecule has 8 heteroatoms. The fourth-order valence-corrected chi connectivity index (χ4v) is 3.70. The van der Waals surface area contributed by atoms with E-state index in [0.717, 1.165) is 9.75 Å². The zero-order valence-electron chi connectivity index (χ0n) is 12.8. The van der Waals surface area contributed by atoms with Gasteiger partial charge in [0.25, 0.3) is 5.91 Å². The van der Waals surface area contributed by atoms with Crippen LogP contribution in [0.2, 0.25) is 0 Å². The molecule has 0 saturated heterocycles. The Balaban J connectivity index is 1.66. The van der Waals surface area contributed by atoms with Crippen LogP contribution in [0.15, 0.2) is 34.4 Å². The number of aryl methyl sites for hydroxylation is 1. The Morgan fingerprint density at radius 3 is 2.83 bits per heavy atom. The summed E-state index contributed by atoms with van der Waals surface area (Å²) in [5, 5.41) is 9.12. The minimum Gasteiger partial charge on any atom is -0.349 e. The van der Waals surface area contributed by atoms with E-state index < -0.39 is 0 Å². The lowest BCUT2D eigenvalue weighted by Crippen LogP contribution is -2.31. The maximum atomic E-state index is 12.2. The minimum atomic E-state index is -0.186. The van der Waals surface area contributed by atoms with E-state index in [0.29, 0.717) is 23.8 Å². The van der Waals surface area contributed by atoms with Crippen LogP contribution in [-0.4, -0.2) is 26.8 Å². The molecule has 3 aromatic rings. The Morgan fingerprint density at radius 2 is 2.17 bits per heavy atom. The number of carbonyl (C=O) groups excluding carboxylic acids is 1. The van der Waals surface area contributed by atoms with Crippen molar-refractivity contribution in [3.05, 3.63) is 49.9 Å². The SMILES string of the molecule is Cc1ccc(C(=O)NCCn2nc(-c3cccs3)n(C)c2=O)s1. The van der Waals surface area contributed by atoms with Crippen molar-refractivity contribution in [2.75, 3.05) is 6.54 Å². The molecule has 6 nitrogen and oxygen atoms in total. The third kappa shape index (κ3) is 3.27. The van der Waals surface area contributed by atoms with Gasteiger partial charge in [0.15, 0.2) is 5.82 Å². The van der Waals surface area contributed by atoms with E-state index >= 15 is 0 Å². The quantitative estimate of drug-likeness (QED) is 0.768. The maximum Gasteiger partial charge on any atom is 0.346 e. The van der Waals surface area contributed by atoms with Gasteiger partial charge in [-0.3, -0.25) is 9.36 Å². The number of amides is 1. The molecule has 120 valence electrons. The largest absolute Gasteiger partial charge is 0.349 e. The number of hydrogen-bond acceptors (Lipinski definition) is 5. The topological polar surface area (TPSA) is 68.9 Å². The smallest absolute Gasteiger partial charge is 0.346 e. The van der Waals surface area contributed by atoms with E-state index in [2.05, 4.69) is 10.4 Å². The van der Waals surface area contributed by atoms with Crippen LogP contribution in [0.1, 0.15) is 14.5 Å². The van der Waals surface area contributed by atoms with Crippen molar-refractivity contribution < 1.29 is 4.79 Å². The van der Waals surface area contributed by atoms with Gasteiger partial charge >= 0.3 is 5.69 Å². The summed E-state index contributed by atoms with van der Waals surface area (Å²) in [5.41, 5.74) is -0.186. The summed E-state index contributed by atoms with van der Waals surface area (Å²) in [5.74, 6) is 0.524. The molecule has 0 aliphatic heterocycles. The molecule has 3 rings (SSSR count). The molecule has 1 N–H and O–H groups in total. The molecule has 0 fully saturated rings. The van der Waals surface area contributed by atoms with Crippen LogP contribution in [0, 0.1) is 6.92 Å². The van der Waals surface area contributed by atoms with Gasteiger partial charge < -0.3 is 5.32 Å². The van der Waals surface area contributed by atoms with E-state index in [4.69, 9.17) is 0 Å². The molecule has 0 unspecified atom stereocenters. The average molecular weight is 348 g/mol. The molecular formula is C15H16N4O2S2. The molecule has 23 heavy (non-hydrogen) atoms. The lowest BCUT2D eigenvalue weighted by atomic mass is 10.4. The standard InChI is InChI=1S/C15H16N4O2S2/c1-10-5-6-12(23-10)14(20)16-7-8-19-15(21)18(2)13(17-19)11-4-3-9-22-11/h3-6,9H,7-8H2,1-2H3,(H,16,20). The van der Waals surface area contributed by atoms with E-state index in [-0.39, 0.29) is 11.6 Å².